The van der Waals surface area contributed by atoms with E-state index in [2.05, 4.69) is 0 Å². The normalized spacial score (nSPS) is 21.1. The highest BCUT2D eigenvalue weighted by atomic mass is 16.3. The van der Waals surface area contributed by atoms with Crippen LogP contribution in [0, 0.1) is 22.7 Å². The lowest BCUT2D eigenvalue weighted by Gasteiger charge is -2.10. The molecule has 12 heavy (non-hydrogen) atoms. The zero-order chi connectivity index (χ0) is 9.19. The van der Waals surface area contributed by atoms with Gasteiger partial charge in [-0.25, -0.2) is 0 Å². The van der Waals surface area contributed by atoms with Gasteiger partial charge in [0.05, 0.1) is 6.07 Å². The van der Waals surface area contributed by atoms with Crippen LogP contribution < -0.4 is 0 Å². The predicted octanol–water partition coefficient (Wildman–Crippen LogP) is 0.878. The van der Waals surface area contributed by atoms with E-state index in [0.717, 1.165) is 12.8 Å². The lowest BCUT2D eigenvalue weighted by molar-refractivity contribution is -0.126. The number of hydrogen-bond acceptors (Lipinski definition) is 3. The third-order valence-electron chi connectivity index (χ3n) is 2.48. The fourth-order valence-electron chi connectivity index (χ4n) is 1.24. The van der Waals surface area contributed by atoms with Crippen LogP contribution >= 0.6 is 0 Å². The van der Waals surface area contributed by atoms with Crippen molar-refractivity contribution in [1.82, 2.24) is 0 Å². The van der Waals surface area contributed by atoms with Crippen LogP contribution in [0.4, 0.5) is 0 Å². The summed E-state index contributed by atoms with van der Waals surface area (Å²) in [5, 5.41) is 17.2. The molecule has 0 bridgehead atoms. The molecule has 1 fully saturated rings. The van der Waals surface area contributed by atoms with Gasteiger partial charge in [-0.05, 0) is 19.3 Å². The van der Waals surface area contributed by atoms with Crippen molar-refractivity contribution in [2.24, 2.45) is 11.3 Å². The van der Waals surface area contributed by atoms with E-state index in [1.807, 2.05) is 13.0 Å². The van der Waals surface area contributed by atoms with E-state index < -0.39 is 5.92 Å². The maximum Gasteiger partial charge on any atom is 0.155 e. The van der Waals surface area contributed by atoms with Gasteiger partial charge in [-0.1, -0.05) is 6.92 Å². The van der Waals surface area contributed by atoms with Crippen LogP contribution in [0.15, 0.2) is 0 Å². The van der Waals surface area contributed by atoms with Crippen molar-refractivity contribution in [3.63, 3.8) is 0 Å². The number of aliphatic hydroxyl groups is 1. The number of ketones is 1. The van der Waals surface area contributed by atoms with Crippen molar-refractivity contribution in [1.29, 1.82) is 5.26 Å². The van der Waals surface area contributed by atoms with Gasteiger partial charge in [-0.2, -0.15) is 5.26 Å². The molecule has 0 heterocycles. The molecule has 0 saturated heterocycles. The maximum atomic E-state index is 11.5. The lowest BCUT2D eigenvalue weighted by Crippen LogP contribution is -2.22. The molecule has 1 unspecified atom stereocenters. The van der Waals surface area contributed by atoms with Crippen LogP contribution in [0.25, 0.3) is 0 Å². The summed E-state index contributed by atoms with van der Waals surface area (Å²) in [6, 6.07) is 1.94. The first kappa shape index (κ1) is 9.21. The molecule has 0 spiro atoms. The fourth-order valence-corrected chi connectivity index (χ4v) is 1.24. The van der Waals surface area contributed by atoms with E-state index in [0.29, 0.717) is 0 Å². The van der Waals surface area contributed by atoms with Crippen LogP contribution in [0.2, 0.25) is 0 Å². The Bertz CT molecular complexity index is 225. The molecular formula is C9H13NO2. The standard InChI is InChI=1S/C9H13NO2/c1-9(3-4-9)8(12)7(6-10)2-5-11/h7,11H,2-5H2,1H3. The average Bonchev–Trinajstić information content (AvgIpc) is 2.79. The largest absolute Gasteiger partial charge is 0.396 e. The number of carbonyl (C=O) groups excluding carboxylic acids is 1. The Labute approximate surface area is 72.0 Å². The second kappa shape index (κ2) is 3.24. The molecule has 0 amide bonds. The van der Waals surface area contributed by atoms with Crippen LogP contribution in [-0.4, -0.2) is 17.5 Å². The molecule has 1 atom stereocenters. The van der Waals surface area contributed by atoms with Crippen molar-refractivity contribution >= 4 is 5.78 Å². The van der Waals surface area contributed by atoms with Gasteiger partial charge >= 0.3 is 0 Å². The third-order valence-corrected chi connectivity index (χ3v) is 2.48. The van der Waals surface area contributed by atoms with Gasteiger partial charge in [0.15, 0.2) is 5.78 Å². The van der Waals surface area contributed by atoms with Crippen molar-refractivity contribution in [3.8, 4) is 6.07 Å². The number of nitriles is 1. The Morgan fingerprint density at radius 3 is 2.67 bits per heavy atom. The Morgan fingerprint density at radius 1 is 1.75 bits per heavy atom. The molecule has 1 aliphatic carbocycles. The van der Waals surface area contributed by atoms with E-state index >= 15 is 0 Å². The monoisotopic (exact) mass is 167 g/mol. The Kier molecular flexibility index (Phi) is 2.49. The quantitative estimate of drug-likeness (QED) is 0.676. The Hall–Kier alpha value is -0.880. The Morgan fingerprint density at radius 2 is 2.33 bits per heavy atom. The highest BCUT2D eigenvalue weighted by Crippen LogP contribution is 2.47. The average molecular weight is 167 g/mol. The van der Waals surface area contributed by atoms with E-state index in [1.54, 1.807) is 0 Å². The third kappa shape index (κ3) is 1.64. The summed E-state index contributed by atoms with van der Waals surface area (Å²) >= 11 is 0. The van der Waals surface area contributed by atoms with Crippen LogP contribution in [0.5, 0.6) is 0 Å². The van der Waals surface area contributed by atoms with Crippen LogP contribution in [0.3, 0.4) is 0 Å². The van der Waals surface area contributed by atoms with Crippen molar-refractivity contribution in [2.45, 2.75) is 26.2 Å². The minimum absolute atomic E-state index is 0.0130. The zero-order valence-corrected chi connectivity index (χ0v) is 7.21. The first-order valence-electron chi connectivity index (χ1n) is 4.19. The molecule has 1 saturated carbocycles. The van der Waals surface area contributed by atoms with E-state index in [-0.39, 0.29) is 24.2 Å². The highest BCUT2D eigenvalue weighted by molar-refractivity contribution is 5.90. The Balaban J connectivity index is 2.55. The summed E-state index contributed by atoms with van der Waals surface area (Å²) in [5.74, 6) is -0.582. The van der Waals surface area contributed by atoms with Gasteiger partial charge in [-0.15, -0.1) is 0 Å². The number of Topliss-reactive ketones (excluding diaryl/α,β-unsaturated/α-hetero) is 1. The molecule has 0 aromatic carbocycles. The van der Waals surface area contributed by atoms with Gasteiger partial charge in [0.2, 0.25) is 0 Å². The summed E-state index contributed by atoms with van der Waals surface area (Å²) < 4.78 is 0. The fraction of sp³-hybridized carbons (Fsp3) is 0.778. The first-order chi connectivity index (χ1) is 5.64. The van der Waals surface area contributed by atoms with Crippen molar-refractivity contribution in [2.75, 3.05) is 6.61 Å². The molecule has 1 aliphatic rings. The molecule has 3 nitrogen and oxygen atoms in total. The summed E-state index contributed by atoms with van der Waals surface area (Å²) in [7, 11) is 0. The molecule has 0 aromatic rings. The predicted molar refractivity (Wildman–Crippen MR) is 43.2 cm³/mol. The topological polar surface area (TPSA) is 61.1 Å². The lowest BCUT2D eigenvalue weighted by atomic mass is 9.90. The van der Waals surface area contributed by atoms with Gasteiger partial charge in [0, 0.05) is 12.0 Å². The molecule has 3 heteroatoms. The summed E-state index contributed by atoms with van der Waals surface area (Å²) in [6.45, 7) is 1.80. The van der Waals surface area contributed by atoms with Gasteiger partial charge in [-0.3, -0.25) is 4.79 Å². The smallest absolute Gasteiger partial charge is 0.155 e. The molecule has 0 aromatic heterocycles. The zero-order valence-electron chi connectivity index (χ0n) is 7.21. The SMILES string of the molecule is CC1(C(=O)C(C#N)CCO)CC1. The first-order valence-corrected chi connectivity index (χ1v) is 4.19. The van der Waals surface area contributed by atoms with Gasteiger partial charge in [0.1, 0.15) is 5.92 Å². The molecule has 66 valence electrons. The van der Waals surface area contributed by atoms with Crippen molar-refractivity contribution in [3.05, 3.63) is 0 Å². The van der Waals surface area contributed by atoms with Gasteiger partial charge < -0.3 is 5.11 Å². The number of hydrogen-bond donors (Lipinski definition) is 1. The molecule has 1 N–H and O–H groups in total. The number of rotatable bonds is 4. The maximum absolute atomic E-state index is 11.5. The highest BCUT2D eigenvalue weighted by Gasteiger charge is 2.47. The molecular weight excluding hydrogens is 154 g/mol. The van der Waals surface area contributed by atoms with Crippen molar-refractivity contribution < 1.29 is 9.90 Å². The minimum Gasteiger partial charge on any atom is -0.396 e. The number of carbonyl (C=O) groups is 1. The summed E-state index contributed by atoms with van der Waals surface area (Å²) in [6.07, 6.45) is 2.08. The van der Waals surface area contributed by atoms with E-state index in [9.17, 15) is 4.79 Å². The second-order valence-corrected chi connectivity index (χ2v) is 3.62. The second-order valence-electron chi connectivity index (χ2n) is 3.62. The summed E-state index contributed by atoms with van der Waals surface area (Å²) in [4.78, 5) is 11.5. The van der Waals surface area contributed by atoms with Crippen LogP contribution in [0.1, 0.15) is 26.2 Å². The number of nitrogens with zero attached hydrogens (tertiary/aromatic N) is 1. The molecule has 1 rings (SSSR count). The molecule has 0 radical (unpaired) electrons. The van der Waals surface area contributed by atoms with E-state index in [1.165, 1.54) is 0 Å². The van der Waals surface area contributed by atoms with E-state index in [4.69, 9.17) is 10.4 Å². The van der Waals surface area contributed by atoms with Gasteiger partial charge in [0.25, 0.3) is 0 Å². The van der Waals surface area contributed by atoms with Crippen LogP contribution in [-0.2, 0) is 4.79 Å². The summed E-state index contributed by atoms with van der Waals surface area (Å²) in [5.41, 5.74) is -0.241. The number of aliphatic hydroxyl groups excluding tert-OH is 1. The minimum atomic E-state index is -0.595. The molecule has 0 aliphatic heterocycles.